The summed E-state index contributed by atoms with van der Waals surface area (Å²) < 4.78 is 33.8. The van der Waals surface area contributed by atoms with Crippen LogP contribution >= 0.6 is 34.6 Å². The van der Waals surface area contributed by atoms with E-state index in [1.807, 2.05) is 17.2 Å². The van der Waals surface area contributed by atoms with Gasteiger partial charge >= 0.3 is 139 Å². The first kappa shape index (κ1) is 34.9. The van der Waals surface area contributed by atoms with Crippen molar-refractivity contribution in [2.45, 2.75) is 74.5 Å². The molecule has 1 heterocycles. The molecule has 0 saturated heterocycles. The van der Waals surface area contributed by atoms with Gasteiger partial charge in [0.05, 0.1) is 0 Å². The summed E-state index contributed by atoms with van der Waals surface area (Å²) in [5, 5.41) is 4.29. The third kappa shape index (κ3) is 12.0. The number of rotatable bonds is 23. The van der Waals surface area contributed by atoms with Crippen molar-refractivity contribution in [2.24, 2.45) is 0 Å². The van der Waals surface area contributed by atoms with Gasteiger partial charge in [-0.1, -0.05) is 25.1 Å². The van der Waals surface area contributed by atoms with Crippen molar-refractivity contribution in [3.8, 4) is 11.5 Å². The number of hydrogen-bond donors (Lipinski definition) is 2. The molecule has 0 aromatic heterocycles. The monoisotopic (exact) mass is 652 g/mol. The van der Waals surface area contributed by atoms with Gasteiger partial charge in [0, 0.05) is 24.9 Å². The van der Waals surface area contributed by atoms with Crippen LogP contribution in [-0.4, -0.2) is 76.9 Å². The average Bonchev–Trinajstić information content (AvgIpc) is 3.05. The number of methoxy groups -OCH3 is 2. The molecule has 2 aromatic carbocycles. The Bertz CT molecular complexity index is 1110. The molecule has 0 spiro atoms. The zero-order chi connectivity index (χ0) is 31.5. The van der Waals surface area contributed by atoms with Crippen molar-refractivity contribution in [1.29, 1.82) is 1.43 Å². The maximum absolute atomic E-state index is 6.70. The van der Waals surface area contributed by atoms with E-state index in [0.717, 1.165) is 23.0 Å². The molecule has 240 valence electrons. The fraction of sp³-hybridized carbons (Fsp3) is 0.636. The fourth-order valence-electron chi connectivity index (χ4n) is 5.69. The molecule has 0 fully saturated rings. The Morgan fingerprint density at radius 2 is 1.60 bits per heavy atom. The van der Waals surface area contributed by atoms with E-state index < -0.39 is 0 Å². The van der Waals surface area contributed by atoms with Crippen LogP contribution in [0.15, 0.2) is 47.4 Å². The van der Waals surface area contributed by atoms with Crippen LogP contribution in [0.1, 0.15) is 75.3 Å². The molecular formula is C33H51BO6S3. The molecule has 1 N–H and O–H groups in total. The number of benzene rings is 2. The van der Waals surface area contributed by atoms with Gasteiger partial charge in [0.2, 0.25) is 0 Å². The second kappa shape index (κ2) is 20.9. The Morgan fingerprint density at radius 3 is 2.30 bits per heavy atom. The van der Waals surface area contributed by atoms with Crippen molar-refractivity contribution in [2.75, 3.05) is 64.9 Å². The number of aliphatic hydroxyl groups is 1. The normalized spacial score (nSPS) is 19.0. The van der Waals surface area contributed by atoms with E-state index >= 15 is 0 Å². The summed E-state index contributed by atoms with van der Waals surface area (Å²) in [7, 11) is 3.49. The van der Waals surface area contributed by atoms with Crippen LogP contribution in [0.5, 0.6) is 11.5 Å². The van der Waals surface area contributed by atoms with Gasteiger partial charge in [0.1, 0.15) is 11.5 Å². The minimum atomic E-state index is 0.0220. The summed E-state index contributed by atoms with van der Waals surface area (Å²) in [5.41, 5.74) is 4.85. The Morgan fingerprint density at radius 1 is 0.930 bits per heavy atom. The Balaban J connectivity index is 1.50. The van der Waals surface area contributed by atoms with Crippen molar-refractivity contribution < 1.29 is 28.8 Å². The van der Waals surface area contributed by atoms with Crippen LogP contribution in [0.25, 0.3) is 0 Å². The van der Waals surface area contributed by atoms with Crippen LogP contribution in [0, 0.1) is 0 Å². The van der Waals surface area contributed by atoms with Gasteiger partial charge in [-0.25, -0.2) is 0 Å². The molecule has 0 radical (unpaired) electrons. The van der Waals surface area contributed by atoms with Gasteiger partial charge in [-0.2, -0.15) is 0 Å². The summed E-state index contributed by atoms with van der Waals surface area (Å²) in [6.07, 6.45) is 10.1. The Hall–Kier alpha value is -1.01. The molecule has 0 saturated carbocycles. The number of hydrogen-bond acceptors (Lipinski definition) is 7. The standard InChI is InChI=1S/C33H51BO6S3/c1-33(27-12-14-28(15-13-27)39-25-36-2)24-42-32-23-29(40-26-37-3)16-17-30(32)31(33)11-9-7-5-4-6-8-10-21-43(34-41)22-20-38-19-18-35/h12-17,23,31,35,41H,4-11,18-22,24-26H2,1-3H3/i35T. The Kier molecular flexibility index (Phi) is 17.0. The van der Waals surface area contributed by atoms with E-state index in [1.54, 1.807) is 14.2 Å². The van der Waals surface area contributed by atoms with Crippen LogP contribution in [0.4, 0.5) is 0 Å². The van der Waals surface area contributed by atoms with Crippen molar-refractivity contribution in [3.05, 3.63) is 53.6 Å². The zero-order valence-corrected chi connectivity index (χ0v) is 28.8. The molecule has 0 bridgehead atoms. The smallest absolute Gasteiger partial charge is 0.468 e. The van der Waals surface area contributed by atoms with Crippen molar-refractivity contribution in [1.82, 2.24) is 0 Å². The van der Waals surface area contributed by atoms with E-state index in [0.29, 0.717) is 25.7 Å². The summed E-state index contributed by atoms with van der Waals surface area (Å²) >= 11 is 6.36. The van der Waals surface area contributed by atoms with Gasteiger partial charge in [-0.15, -0.1) is 11.8 Å². The van der Waals surface area contributed by atoms with Gasteiger partial charge < -0.3 is 18.9 Å². The van der Waals surface area contributed by atoms with Crippen LogP contribution in [0.2, 0.25) is 0 Å². The van der Waals surface area contributed by atoms with E-state index in [9.17, 15) is 0 Å². The minimum absolute atomic E-state index is 0.0220. The summed E-state index contributed by atoms with van der Waals surface area (Å²) in [6, 6.07) is 15.2. The Labute approximate surface area is 273 Å². The molecule has 3 rings (SSSR count). The number of aliphatic hydroxyl groups excluding tert-OH is 1. The molecule has 0 amide bonds. The fourth-order valence-corrected chi connectivity index (χ4v) is 9.04. The first-order valence-corrected chi connectivity index (χ1v) is 18.6. The second-order valence-electron chi connectivity index (χ2n) is 11.2. The van der Waals surface area contributed by atoms with Crippen LogP contribution in [0.3, 0.4) is 0 Å². The quantitative estimate of drug-likeness (QED) is 0.0553. The third-order valence-electron chi connectivity index (χ3n) is 8.12. The predicted octanol–water partition coefficient (Wildman–Crippen LogP) is 7.66. The van der Waals surface area contributed by atoms with Gasteiger partial charge in [0.25, 0.3) is 0 Å². The molecule has 1 aliphatic rings. The first-order chi connectivity index (χ1) is 21.5. The molecular weight excluding hydrogens is 599 g/mol. The van der Waals surface area contributed by atoms with E-state index in [2.05, 4.69) is 67.0 Å². The number of unbranched alkanes of at least 4 members (excludes halogenated alkanes) is 6. The molecule has 2 aromatic rings. The summed E-state index contributed by atoms with van der Waals surface area (Å²) in [5.74, 6) is 5.35. The number of thioether (sulfide) groups is 1. The SMILES string of the molecule is [3H]OCCOCCS(=BS)CCCCCCCCCC1c2ccc(OCOC)cc2SCC1(C)c1ccc(OCOC)cc1. The molecule has 1 aliphatic heterocycles. The van der Waals surface area contributed by atoms with Gasteiger partial charge in [-0.3, -0.25) is 0 Å². The molecule has 3 unspecified atom stereocenters. The topological polar surface area (TPSA) is 66.4 Å². The zero-order valence-electron chi connectivity index (χ0n) is 27.2. The van der Waals surface area contributed by atoms with E-state index in [-0.39, 0.29) is 29.3 Å². The average molecular weight is 653 g/mol. The molecule has 3 atom stereocenters. The molecule has 43 heavy (non-hydrogen) atoms. The van der Waals surface area contributed by atoms with Crippen LogP contribution < -0.4 is 9.47 Å². The molecule has 0 aliphatic carbocycles. The number of thiol groups is 1. The van der Waals surface area contributed by atoms with Crippen molar-refractivity contribution in [3.63, 3.8) is 0 Å². The molecule has 10 heteroatoms. The van der Waals surface area contributed by atoms with E-state index in [4.69, 9.17) is 25.1 Å². The minimum Gasteiger partial charge on any atom is -0.468 e. The number of fused-ring (bicyclic) bond motifs is 1. The predicted molar refractivity (Wildman–Crippen MR) is 186 cm³/mol. The molecule has 6 nitrogen and oxygen atoms in total. The third-order valence-corrected chi connectivity index (χ3v) is 12.2. The van der Waals surface area contributed by atoms with Gasteiger partial charge in [0.15, 0.2) is 13.6 Å². The van der Waals surface area contributed by atoms with Gasteiger partial charge in [-0.05, 0) is 29.8 Å². The summed E-state index contributed by atoms with van der Waals surface area (Å²) in [4.78, 5) is 1.33. The number of ether oxygens (including phenoxy) is 5. The van der Waals surface area contributed by atoms with Crippen molar-refractivity contribution >= 4 is 40.0 Å². The first-order valence-electron chi connectivity index (χ1n) is 15.9. The van der Waals surface area contributed by atoms with Crippen LogP contribution in [-0.2, 0) is 19.6 Å². The maximum atomic E-state index is 6.70. The summed E-state index contributed by atoms with van der Waals surface area (Å²) in [6.45, 7) is 4.48. The van der Waals surface area contributed by atoms with E-state index in [1.165, 1.54) is 73.1 Å². The second-order valence-corrected chi connectivity index (χ2v) is 15.0.